The molecule has 7 nitrogen and oxygen atoms in total. The average molecular weight is 423 g/mol. The van der Waals surface area contributed by atoms with Crippen molar-refractivity contribution in [2.75, 3.05) is 55.5 Å². The molecule has 0 atom stereocenters. The van der Waals surface area contributed by atoms with E-state index in [1.54, 1.807) is 25.7 Å². The first-order chi connectivity index (χ1) is 13.8. The Balaban J connectivity index is 2.09. The van der Waals surface area contributed by atoms with Crippen molar-refractivity contribution in [2.24, 2.45) is 0 Å². The molecule has 0 spiro atoms. The number of thioether (sulfide) groups is 1. The van der Waals surface area contributed by atoms with Gasteiger partial charge in [-0.1, -0.05) is 0 Å². The number of halogens is 2. The number of nitrogens with zero attached hydrogens (tertiary/aromatic N) is 5. The maximum Gasteiger partial charge on any atom is 0.324 e. The van der Waals surface area contributed by atoms with Crippen LogP contribution in [0.4, 0.5) is 25.3 Å². The minimum Gasteiger partial charge on any atom is -0.341 e. The van der Waals surface area contributed by atoms with E-state index < -0.39 is 11.6 Å². The first-order valence-electron chi connectivity index (χ1n) is 9.10. The van der Waals surface area contributed by atoms with E-state index in [2.05, 4.69) is 4.98 Å². The molecule has 0 bridgehead atoms. The highest BCUT2D eigenvalue weighted by Crippen LogP contribution is 2.28. The van der Waals surface area contributed by atoms with Gasteiger partial charge in [-0.3, -0.25) is 9.69 Å². The van der Waals surface area contributed by atoms with E-state index in [1.807, 2.05) is 16.7 Å². The van der Waals surface area contributed by atoms with Gasteiger partial charge in [0, 0.05) is 51.8 Å². The Morgan fingerprint density at radius 1 is 1.17 bits per heavy atom. The van der Waals surface area contributed by atoms with Crippen LogP contribution in [0.15, 0.2) is 18.2 Å². The zero-order valence-corrected chi connectivity index (χ0v) is 17.4. The molecule has 10 heteroatoms. The van der Waals surface area contributed by atoms with Gasteiger partial charge in [0.2, 0.25) is 5.95 Å². The third kappa shape index (κ3) is 4.52. The van der Waals surface area contributed by atoms with Gasteiger partial charge in [0.25, 0.3) is 0 Å². The summed E-state index contributed by atoms with van der Waals surface area (Å²) in [5.74, 6) is 1.14. The first-order valence-corrected chi connectivity index (χ1v) is 10.3. The van der Waals surface area contributed by atoms with Gasteiger partial charge in [-0.2, -0.15) is 16.7 Å². The molecular weight excluding hydrogens is 400 g/mol. The smallest absolute Gasteiger partial charge is 0.324 e. The molecule has 0 aliphatic carbocycles. The summed E-state index contributed by atoms with van der Waals surface area (Å²) < 4.78 is 29.0. The lowest BCUT2D eigenvalue weighted by molar-refractivity contribution is 0.111. The Bertz CT molecular complexity index is 892. The molecule has 1 saturated heterocycles. The summed E-state index contributed by atoms with van der Waals surface area (Å²) in [5, 5.41) is 0. The predicted octanol–water partition coefficient (Wildman–Crippen LogP) is 2.69. The number of aromatic nitrogens is 2. The minimum atomic E-state index is -0.691. The van der Waals surface area contributed by atoms with E-state index in [9.17, 15) is 18.4 Å². The molecule has 2 amide bonds. The predicted molar refractivity (Wildman–Crippen MR) is 110 cm³/mol. The topological polar surface area (TPSA) is 61.7 Å². The molecule has 1 aliphatic heterocycles. The molecule has 29 heavy (non-hydrogen) atoms. The standard InChI is InChI=1S/C19H23F2N5O2S/c1-23(2)19(28)24(3)17-16(12-27)26(11-13-8-14(20)10-15(21)9-13)18(22-17)25-4-6-29-7-5-25/h8-10,12H,4-7,11H2,1-3H3. The molecular formula is C19H23F2N5O2S. The van der Waals surface area contributed by atoms with Crippen LogP contribution in [0.25, 0.3) is 0 Å². The molecule has 1 aromatic heterocycles. The summed E-state index contributed by atoms with van der Waals surface area (Å²) in [6, 6.07) is 2.91. The highest BCUT2D eigenvalue weighted by atomic mass is 32.2. The van der Waals surface area contributed by atoms with Crippen LogP contribution in [0, 0.1) is 11.6 Å². The molecule has 0 radical (unpaired) electrons. The Morgan fingerprint density at radius 3 is 2.34 bits per heavy atom. The van der Waals surface area contributed by atoms with Gasteiger partial charge in [0.15, 0.2) is 12.1 Å². The zero-order chi connectivity index (χ0) is 21.1. The molecule has 3 rings (SSSR count). The quantitative estimate of drug-likeness (QED) is 0.692. The number of urea groups is 1. The van der Waals surface area contributed by atoms with Gasteiger partial charge < -0.3 is 14.4 Å². The number of amides is 2. The van der Waals surface area contributed by atoms with Gasteiger partial charge >= 0.3 is 6.03 Å². The number of aldehydes is 1. The number of carbonyl (C=O) groups is 2. The van der Waals surface area contributed by atoms with Crippen molar-refractivity contribution in [3.05, 3.63) is 41.1 Å². The van der Waals surface area contributed by atoms with Crippen LogP contribution in [0.2, 0.25) is 0 Å². The third-order valence-electron chi connectivity index (χ3n) is 4.62. The summed E-state index contributed by atoms with van der Waals surface area (Å²) in [7, 11) is 4.75. The molecule has 0 unspecified atom stereocenters. The zero-order valence-electron chi connectivity index (χ0n) is 16.6. The molecule has 2 heterocycles. The second-order valence-electron chi connectivity index (χ2n) is 6.94. The largest absolute Gasteiger partial charge is 0.341 e. The van der Waals surface area contributed by atoms with Crippen LogP contribution < -0.4 is 9.80 Å². The highest BCUT2D eigenvalue weighted by Gasteiger charge is 2.27. The molecule has 1 aromatic carbocycles. The summed E-state index contributed by atoms with van der Waals surface area (Å²) in [5.41, 5.74) is 0.546. The maximum absolute atomic E-state index is 13.7. The summed E-state index contributed by atoms with van der Waals surface area (Å²) >= 11 is 1.82. The number of carbonyl (C=O) groups excluding carboxylic acids is 2. The first kappa shape index (κ1) is 21.1. The van der Waals surface area contributed by atoms with E-state index in [0.29, 0.717) is 17.8 Å². The van der Waals surface area contributed by atoms with Gasteiger partial charge in [0.1, 0.15) is 17.3 Å². The van der Waals surface area contributed by atoms with Crippen molar-refractivity contribution in [2.45, 2.75) is 6.54 Å². The second kappa shape index (κ2) is 8.81. The molecule has 2 aromatic rings. The van der Waals surface area contributed by atoms with Crippen LogP contribution in [-0.2, 0) is 6.54 Å². The molecule has 0 saturated carbocycles. The monoisotopic (exact) mass is 423 g/mol. The Labute approximate surface area is 172 Å². The van der Waals surface area contributed by atoms with Gasteiger partial charge in [-0.25, -0.2) is 13.6 Å². The van der Waals surface area contributed by atoms with Crippen LogP contribution in [-0.4, -0.2) is 72.5 Å². The van der Waals surface area contributed by atoms with Crippen molar-refractivity contribution in [1.82, 2.24) is 14.5 Å². The highest BCUT2D eigenvalue weighted by molar-refractivity contribution is 7.99. The number of hydrogen-bond donors (Lipinski definition) is 0. The number of anilines is 2. The van der Waals surface area contributed by atoms with Crippen LogP contribution in [0.3, 0.4) is 0 Å². The van der Waals surface area contributed by atoms with Gasteiger partial charge in [-0.15, -0.1) is 0 Å². The summed E-state index contributed by atoms with van der Waals surface area (Å²) in [4.78, 5) is 33.7. The van der Waals surface area contributed by atoms with Crippen LogP contribution in [0.1, 0.15) is 16.1 Å². The van der Waals surface area contributed by atoms with E-state index >= 15 is 0 Å². The average Bonchev–Trinajstić information content (AvgIpc) is 3.04. The summed E-state index contributed by atoms with van der Waals surface area (Å²) in [6.07, 6.45) is 0.625. The number of hydrogen-bond acceptors (Lipinski definition) is 5. The molecule has 0 N–H and O–H groups in total. The van der Waals surface area contributed by atoms with Crippen molar-refractivity contribution < 1.29 is 18.4 Å². The Hall–Kier alpha value is -2.62. The van der Waals surface area contributed by atoms with Crippen LogP contribution in [0.5, 0.6) is 0 Å². The lowest BCUT2D eigenvalue weighted by atomic mass is 10.2. The lowest BCUT2D eigenvalue weighted by Gasteiger charge is -2.28. The fraction of sp³-hybridized carbons (Fsp3) is 0.421. The third-order valence-corrected chi connectivity index (χ3v) is 5.57. The molecule has 1 aliphatic rings. The summed E-state index contributed by atoms with van der Waals surface area (Å²) in [6.45, 7) is 1.50. The molecule has 156 valence electrons. The van der Waals surface area contributed by atoms with E-state index in [0.717, 1.165) is 30.7 Å². The van der Waals surface area contributed by atoms with Crippen LogP contribution >= 0.6 is 11.8 Å². The van der Waals surface area contributed by atoms with Crippen molar-refractivity contribution in [3.63, 3.8) is 0 Å². The van der Waals surface area contributed by atoms with E-state index in [4.69, 9.17) is 0 Å². The van der Waals surface area contributed by atoms with Crippen molar-refractivity contribution in [3.8, 4) is 0 Å². The number of imidazole rings is 1. The fourth-order valence-corrected chi connectivity index (χ4v) is 4.14. The van der Waals surface area contributed by atoms with Crippen molar-refractivity contribution >= 4 is 35.8 Å². The normalized spacial score (nSPS) is 14.0. The second-order valence-corrected chi connectivity index (χ2v) is 8.16. The Kier molecular flexibility index (Phi) is 6.41. The SMILES string of the molecule is CN(C)C(=O)N(C)c1nc(N2CCSCC2)n(Cc2cc(F)cc(F)c2)c1C=O. The fourth-order valence-electron chi connectivity index (χ4n) is 3.24. The van der Waals surface area contributed by atoms with Crippen molar-refractivity contribution in [1.29, 1.82) is 0 Å². The number of rotatable bonds is 5. The van der Waals surface area contributed by atoms with Gasteiger partial charge in [-0.05, 0) is 17.7 Å². The van der Waals surface area contributed by atoms with Gasteiger partial charge in [0.05, 0.1) is 6.54 Å². The van der Waals surface area contributed by atoms with E-state index in [1.165, 1.54) is 21.9 Å². The van der Waals surface area contributed by atoms with E-state index in [-0.39, 0.29) is 24.1 Å². The maximum atomic E-state index is 13.7. The Morgan fingerprint density at radius 2 is 1.79 bits per heavy atom. The minimum absolute atomic E-state index is 0.0543. The lowest BCUT2D eigenvalue weighted by Crippen LogP contribution is -2.37. The molecule has 1 fully saturated rings. The number of benzene rings is 1.